The van der Waals surface area contributed by atoms with Gasteiger partial charge in [-0.05, 0) is 36.9 Å². The van der Waals surface area contributed by atoms with E-state index >= 15 is 0 Å². The maximum atomic E-state index is 10.4. The Morgan fingerprint density at radius 1 is 1.75 bits per heavy atom. The number of nitrogens with zero attached hydrogens (tertiary/aromatic N) is 1. The van der Waals surface area contributed by atoms with E-state index < -0.39 is 0 Å². The fraction of sp³-hybridized carbons (Fsp3) is 0.250. The molecule has 0 unspecified atom stereocenters. The van der Waals surface area contributed by atoms with Gasteiger partial charge in [0, 0.05) is 10.6 Å². The van der Waals surface area contributed by atoms with Crippen LogP contribution < -0.4 is 0 Å². The lowest BCUT2D eigenvalue weighted by Gasteiger charge is -2.21. The largest absolute Gasteiger partial charge is 0.734 e. The second kappa shape index (κ2) is 3.71. The Kier molecular flexibility index (Phi) is 2.86. The van der Waals surface area contributed by atoms with Gasteiger partial charge in [-0.15, -0.1) is 11.3 Å². The van der Waals surface area contributed by atoms with Gasteiger partial charge >= 0.3 is 0 Å². The van der Waals surface area contributed by atoms with Crippen molar-refractivity contribution in [2.75, 3.05) is 0 Å². The van der Waals surface area contributed by atoms with E-state index in [0.29, 0.717) is 5.70 Å². The predicted octanol–water partition coefficient (Wildman–Crippen LogP) is 2.61. The van der Waals surface area contributed by atoms with Crippen LogP contribution in [0.15, 0.2) is 17.1 Å². The molecule has 0 fully saturated rings. The standard InChI is InChI=1S/C8H10NO2S/c1-6-3-4-12-8(6)5-7(2)9(10)11/h3-5,10H,1-2H3/q-1. The Morgan fingerprint density at radius 2 is 2.42 bits per heavy atom. The van der Waals surface area contributed by atoms with E-state index in [0.717, 1.165) is 10.4 Å². The van der Waals surface area contributed by atoms with Crippen LogP contribution in [-0.4, -0.2) is 10.4 Å². The Bertz CT molecular complexity index is 291. The number of hydroxylamine groups is 2. The molecule has 0 saturated heterocycles. The van der Waals surface area contributed by atoms with Crippen molar-refractivity contribution < 1.29 is 5.21 Å². The Hall–Kier alpha value is -0.840. The van der Waals surface area contributed by atoms with Gasteiger partial charge in [0.05, 0.1) is 0 Å². The van der Waals surface area contributed by atoms with Crippen molar-refractivity contribution in [2.45, 2.75) is 13.8 Å². The van der Waals surface area contributed by atoms with Crippen LogP contribution in [0.25, 0.3) is 6.08 Å². The Balaban J connectivity index is 2.87. The summed E-state index contributed by atoms with van der Waals surface area (Å²) in [4.78, 5) is 1.00. The van der Waals surface area contributed by atoms with Crippen LogP contribution in [-0.2, 0) is 0 Å². The summed E-state index contributed by atoms with van der Waals surface area (Å²) in [5.74, 6) is 0. The van der Waals surface area contributed by atoms with E-state index in [4.69, 9.17) is 5.21 Å². The number of allylic oxidation sites excluding steroid dienone is 1. The molecular formula is C8H10NO2S-. The Labute approximate surface area is 75.1 Å². The minimum absolute atomic E-state index is 0.126. The van der Waals surface area contributed by atoms with Crippen LogP contribution in [0.5, 0.6) is 0 Å². The monoisotopic (exact) mass is 184 g/mol. The molecule has 66 valence electrons. The van der Waals surface area contributed by atoms with Crippen molar-refractivity contribution in [1.82, 2.24) is 5.23 Å². The normalized spacial score (nSPS) is 11.8. The average molecular weight is 184 g/mol. The predicted molar refractivity (Wildman–Crippen MR) is 49.7 cm³/mol. The van der Waals surface area contributed by atoms with Crippen molar-refractivity contribution >= 4 is 17.4 Å². The summed E-state index contributed by atoms with van der Waals surface area (Å²) in [5.41, 5.74) is 1.40. The number of aryl methyl sites for hydroxylation is 1. The van der Waals surface area contributed by atoms with Gasteiger partial charge in [0.25, 0.3) is 0 Å². The molecule has 0 saturated carbocycles. The van der Waals surface area contributed by atoms with Gasteiger partial charge in [-0.2, -0.15) is 0 Å². The minimum atomic E-state index is -0.126. The number of thiophene rings is 1. The van der Waals surface area contributed by atoms with Crippen LogP contribution in [0, 0.1) is 12.1 Å². The van der Waals surface area contributed by atoms with Gasteiger partial charge in [0.15, 0.2) is 0 Å². The summed E-state index contributed by atoms with van der Waals surface area (Å²) in [6.07, 6.45) is 1.66. The third kappa shape index (κ3) is 2.07. The van der Waals surface area contributed by atoms with Crippen LogP contribution in [0.1, 0.15) is 17.4 Å². The molecule has 0 aliphatic carbocycles. The molecule has 0 radical (unpaired) electrons. The second-order valence-corrected chi connectivity index (χ2v) is 3.47. The summed E-state index contributed by atoms with van der Waals surface area (Å²) in [7, 11) is 0. The quantitative estimate of drug-likeness (QED) is 0.718. The fourth-order valence-corrected chi connectivity index (χ4v) is 1.69. The molecule has 3 nitrogen and oxygen atoms in total. The zero-order valence-corrected chi connectivity index (χ0v) is 7.76. The summed E-state index contributed by atoms with van der Waals surface area (Å²) >= 11 is 1.54. The van der Waals surface area contributed by atoms with E-state index in [1.165, 1.54) is 0 Å². The topological polar surface area (TPSA) is 46.5 Å². The molecule has 1 heterocycles. The van der Waals surface area contributed by atoms with Crippen molar-refractivity contribution in [3.63, 3.8) is 0 Å². The first-order chi connectivity index (χ1) is 5.61. The smallest absolute Gasteiger partial charge is 0.0317 e. The van der Waals surface area contributed by atoms with Gasteiger partial charge in [0.2, 0.25) is 0 Å². The number of rotatable bonds is 2. The van der Waals surface area contributed by atoms with E-state index in [1.807, 2.05) is 18.4 Å². The number of hydrogen-bond acceptors (Lipinski definition) is 4. The molecule has 0 amide bonds. The lowest BCUT2D eigenvalue weighted by molar-refractivity contribution is -0.00185. The maximum Gasteiger partial charge on any atom is 0.0317 e. The maximum absolute atomic E-state index is 10.4. The molecule has 0 aromatic carbocycles. The lowest BCUT2D eigenvalue weighted by atomic mass is 10.2. The molecule has 4 heteroatoms. The van der Waals surface area contributed by atoms with E-state index in [1.54, 1.807) is 24.3 Å². The average Bonchev–Trinajstić information content (AvgIpc) is 2.36. The third-order valence-corrected chi connectivity index (χ3v) is 2.51. The summed E-state index contributed by atoms with van der Waals surface area (Å²) < 4.78 is 0. The van der Waals surface area contributed by atoms with Crippen molar-refractivity contribution in [3.8, 4) is 0 Å². The van der Waals surface area contributed by atoms with Gasteiger partial charge in [-0.1, -0.05) is 0 Å². The highest BCUT2D eigenvalue weighted by molar-refractivity contribution is 7.11. The molecule has 1 aromatic rings. The molecule has 1 N–H and O–H groups in total. The first-order valence-corrected chi connectivity index (χ1v) is 4.38. The SMILES string of the molecule is CC(=Cc1sccc1C)N([O-])O. The van der Waals surface area contributed by atoms with Gasteiger partial charge < -0.3 is 10.4 Å². The molecule has 0 atom stereocenters. The van der Waals surface area contributed by atoms with Crippen molar-refractivity contribution in [1.29, 1.82) is 0 Å². The van der Waals surface area contributed by atoms with Gasteiger partial charge in [-0.25, -0.2) is 0 Å². The summed E-state index contributed by atoms with van der Waals surface area (Å²) in [6.45, 7) is 3.52. The van der Waals surface area contributed by atoms with E-state index in [-0.39, 0.29) is 5.23 Å². The van der Waals surface area contributed by atoms with Gasteiger partial charge in [-0.3, -0.25) is 5.21 Å². The van der Waals surface area contributed by atoms with Crippen molar-refractivity contribution in [2.24, 2.45) is 0 Å². The molecule has 12 heavy (non-hydrogen) atoms. The summed E-state index contributed by atoms with van der Waals surface area (Å²) in [6, 6.07) is 1.97. The van der Waals surface area contributed by atoms with E-state index in [9.17, 15) is 5.21 Å². The molecule has 0 spiro atoms. The highest BCUT2D eigenvalue weighted by atomic mass is 32.1. The van der Waals surface area contributed by atoms with Crippen LogP contribution in [0.4, 0.5) is 0 Å². The van der Waals surface area contributed by atoms with Crippen LogP contribution in [0.3, 0.4) is 0 Å². The first kappa shape index (κ1) is 9.25. The second-order valence-electron chi connectivity index (χ2n) is 2.53. The molecule has 0 bridgehead atoms. The summed E-state index contributed by atoms with van der Waals surface area (Å²) in [5, 5.41) is 20.7. The highest BCUT2D eigenvalue weighted by Gasteiger charge is 1.96. The lowest BCUT2D eigenvalue weighted by Crippen LogP contribution is -2.05. The van der Waals surface area contributed by atoms with Crippen molar-refractivity contribution in [3.05, 3.63) is 32.8 Å². The van der Waals surface area contributed by atoms with Crippen LogP contribution >= 0.6 is 11.3 Å². The first-order valence-electron chi connectivity index (χ1n) is 3.50. The molecule has 0 aliphatic rings. The van der Waals surface area contributed by atoms with E-state index in [2.05, 4.69) is 0 Å². The number of hydrogen-bond donors (Lipinski definition) is 1. The fourth-order valence-electron chi connectivity index (χ4n) is 0.777. The zero-order chi connectivity index (χ0) is 9.14. The Morgan fingerprint density at radius 3 is 2.83 bits per heavy atom. The van der Waals surface area contributed by atoms with Crippen LogP contribution in [0.2, 0.25) is 0 Å². The molecular weight excluding hydrogens is 174 g/mol. The van der Waals surface area contributed by atoms with Gasteiger partial charge in [0.1, 0.15) is 0 Å². The highest BCUT2D eigenvalue weighted by Crippen LogP contribution is 2.19. The minimum Gasteiger partial charge on any atom is -0.734 e. The molecule has 1 rings (SSSR count). The zero-order valence-electron chi connectivity index (χ0n) is 6.94. The molecule has 1 aromatic heterocycles. The molecule has 0 aliphatic heterocycles. The third-order valence-electron chi connectivity index (χ3n) is 1.54.